The molecule has 1 saturated heterocycles. The van der Waals surface area contributed by atoms with E-state index in [9.17, 15) is 4.79 Å². The molecule has 0 spiro atoms. The van der Waals surface area contributed by atoms with Gasteiger partial charge in [-0.1, -0.05) is 36.4 Å². The van der Waals surface area contributed by atoms with Crippen molar-refractivity contribution in [2.24, 2.45) is 0 Å². The van der Waals surface area contributed by atoms with Crippen LogP contribution in [0.25, 0.3) is 0 Å². The number of hydrogen-bond donors (Lipinski definition) is 0. The maximum absolute atomic E-state index is 12.8. The van der Waals surface area contributed by atoms with Crippen LogP contribution >= 0.6 is 11.8 Å². The highest BCUT2D eigenvalue weighted by Gasteiger charge is 2.22. The Morgan fingerprint density at radius 1 is 0.800 bits per heavy atom. The zero-order valence-corrected chi connectivity index (χ0v) is 17.8. The zero-order valence-electron chi connectivity index (χ0n) is 16.9. The number of carbonyl (C=O) groups is 1. The summed E-state index contributed by atoms with van der Waals surface area (Å²) in [7, 11) is 0. The Bertz CT molecular complexity index is 924. The lowest BCUT2D eigenvalue weighted by atomic mass is 10.1. The number of thioether (sulfide) groups is 1. The highest BCUT2D eigenvalue weighted by molar-refractivity contribution is 7.99. The summed E-state index contributed by atoms with van der Waals surface area (Å²) in [6.07, 6.45) is 0. The molecule has 154 valence electrons. The molecule has 0 saturated carbocycles. The first-order valence-corrected chi connectivity index (χ1v) is 11.3. The quantitative estimate of drug-likeness (QED) is 0.407. The van der Waals surface area contributed by atoms with Crippen molar-refractivity contribution in [1.82, 2.24) is 4.90 Å². The number of ether oxygens (including phenoxy) is 1. The molecule has 0 unspecified atom stereocenters. The van der Waals surface area contributed by atoms with Crippen LogP contribution in [0.1, 0.15) is 10.4 Å². The average Bonchev–Trinajstić information content (AvgIpc) is 2.83. The number of piperazine rings is 1. The Morgan fingerprint density at radius 2 is 1.43 bits per heavy atom. The second-order valence-electron chi connectivity index (χ2n) is 7.15. The number of nitrogens with zero attached hydrogens (tertiary/aromatic N) is 2. The molecule has 4 nitrogen and oxygen atoms in total. The molecule has 4 rings (SSSR count). The third-order valence-electron chi connectivity index (χ3n) is 5.15. The van der Waals surface area contributed by atoms with Crippen molar-refractivity contribution in [1.29, 1.82) is 0 Å². The predicted molar refractivity (Wildman–Crippen MR) is 124 cm³/mol. The average molecular weight is 419 g/mol. The number of anilines is 1. The molecule has 0 atom stereocenters. The summed E-state index contributed by atoms with van der Waals surface area (Å²) >= 11 is 1.78. The van der Waals surface area contributed by atoms with Gasteiger partial charge in [-0.15, -0.1) is 11.8 Å². The van der Waals surface area contributed by atoms with Crippen molar-refractivity contribution < 1.29 is 9.53 Å². The fourth-order valence-corrected chi connectivity index (χ4v) is 4.27. The van der Waals surface area contributed by atoms with Crippen LogP contribution in [0.2, 0.25) is 0 Å². The first-order valence-electron chi connectivity index (χ1n) is 10.3. The lowest BCUT2D eigenvalue weighted by Crippen LogP contribution is -2.48. The van der Waals surface area contributed by atoms with Crippen molar-refractivity contribution in [3.63, 3.8) is 0 Å². The molecular weight excluding hydrogens is 392 g/mol. The molecule has 0 N–H and O–H groups in total. The number of carbonyl (C=O) groups excluding carboxylic acids is 1. The van der Waals surface area contributed by atoms with Gasteiger partial charge in [0.2, 0.25) is 0 Å². The second kappa shape index (κ2) is 10.2. The highest BCUT2D eigenvalue weighted by atomic mass is 32.2. The van der Waals surface area contributed by atoms with E-state index in [2.05, 4.69) is 41.3 Å². The molecule has 0 aliphatic carbocycles. The molecule has 30 heavy (non-hydrogen) atoms. The first-order chi connectivity index (χ1) is 14.8. The van der Waals surface area contributed by atoms with Crippen molar-refractivity contribution in [3.05, 3.63) is 90.5 Å². The normalized spacial score (nSPS) is 13.9. The van der Waals surface area contributed by atoms with Gasteiger partial charge in [-0.2, -0.15) is 0 Å². The summed E-state index contributed by atoms with van der Waals surface area (Å²) in [5, 5.41) is 0. The van der Waals surface area contributed by atoms with Crippen LogP contribution in [0.4, 0.5) is 5.69 Å². The molecule has 1 aliphatic rings. The first kappa shape index (κ1) is 20.4. The lowest BCUT2D eigenvalue weighted by molar-refractivity contribution is 0.0747. The predicted octanol–water partition coefficient (Wildman–Crippen LogP) is 4.82. The van der Waals surface area contributed by atoms with E-state index >= 15 is 0 Å². The molecule has 1 aliphatic heterocycles. The fourth-order valence-electron chi connectivity index (χ4n) is 3.52. The van der Waals surface area contributed by atoms with Gasteiger partial charge in [0.05, 0.1) is 6.61 Å². The second-order valence-corrected chi connectivity index (χ2v) is 8.32. The molecule has 1 amide bonds. The van der Waals surface area contributed by atoms with Crippen molar-refractivity contribution in [3.8, 4) is 5.75 Å². The van der Waals surface area contributed by atoms with Gasteiger partial charge in [0, 0.05) is 48.1 Å². The third-order valence-corrected chi connectivity index (χ3v) is 6.13. The summed E-state index contributed by atoms with van der Waals surface area (Å²) in [6, 6.07) is 28.2. The van der Waals surface area contributed by atoms with Gasteiger partial charge in [-0.3, -0.25) is 4.79 Å². The van der Waals surface area contributed by atoms with Gasteiger partial charge in [0.25, 0.3) is 5.91 Å². The van der Waals surface area contributed by atoms with E-state index in [1.54, 1.807) is 11.8 Å². The summed E-state index contributed by atoms with van der Waals surface area (Å²) in [6.45, 7) is 3.83. The Balaban J connectivity index is 1.23. The van der Waals surface area contributed by atoms with Crippen LogP contribution in [0.15, 0.2) is 89.8 Å². The molecule has 0 radical (unpaired) electrons. The zero-order chi connectivity index (χ0) is 20.6. The number of amides is 1. The maximum atomic E-state index is 12.8. The summed E-state index contributed by atoms with van der Waals surface area (Å²) in [5.41, 5.74) is 1.94. The molecule has 1 heterocycles. The minimum absolute atomic E-state index is 0.0916. The minimum atomic E-state index is 0.0916. The van der Waals surface area contributed by atoms with Gasteiger partial charge in [0.15, 0.2) is 0 Å². The number of para-hydroxylation sites is 1. The van der Waals surface area contributed by atoms with E-state index in [1.807, 2.05) is 53.4 Å². The number of rotatable bonds is 7. The number of hydrogen-bond acceptors (Lipinski definition) is 4. The standard InChI is InChI=1S/C25H26N2O2S/c28-25(27-17-15-26(16-18-27)22-7-3-1-4-8-22)21-11-13-23(14-12-21)29-19-20-30-24-9-5-2-6-10-24/h1-14H,15-20H2. The van der Waals surface area contributed by atoms with E-state index < -0.39 is 0 Å². The van der Waals surface area contributed by atoms with Crippen molar-refractivity contribution >= 4 is 23.4 Å². The molecule has 3 aromatic rings. The summed E-state index contributed by atoms with van der Waals surface area (Å²) in [5.74, 6) is 1.78. The largest absolute Gasteiger partial charge is 0.493 e. The van der Waals surface area contributed by atoms with E-state index in [0.717, 1.165) is 37.7 Å². The smallest absolute Gasteiger partial charge is 0.253 e. The highest BCUT2D eigenvalue weighted by Crippen LogP contribution is 2.20. The van der Waals surface area contributed by atoms with E-state index in [-0.39, 0.29) is 5.91 Å². The molecule has 5 heteroatoms. The summed E-state index contributed by atoms with van der Waals surface area (Å²) in [4.78, 5) is 18.3. The van der Waals surface area contributed by atoms with Gasteiger partial charge in [-0.05, 0) is 48.5 Å². The van der Waals surface area contributed by atoms with Crippen molar-refractivity contribution in [2.45, 2.75) is 4.90 Å². The topological polar surface area (TPSA) is 32.8 Å². The van der Waals surface area contributed by atoms with E-state index in [4.69, 9.17) is 4.74 Å². The van der Waals surface area contributed by atoms with Gasteiger partial charge in [0.1, 0.15) is 5.75 Å². The molecule has 1 fully saturated rings. The molecule has 0 bridgehead atoms. The summed E-state index contributed by atoms with van der Waals surface area (Å²) < 4.78 is 5.82. The third kappa shape index (κ3) is 5.36. The number of benzene rings is 3. The maximum Gasteiger partial charge on any atom is 0.253 e. The van der Waals surface area contributed by atoms with Crippen LogP contribution in [-0.4, -0.2) is 49.3 Å². The van der Waals surface area contributed by atoms with Crippen LogP contribution in [-0.2, 0) is 0 Å². The van der Waals surface area contributed by atoms with Crippen LogP contribution in [0.5, 0.6) is 5.75 Å². The monoisotopic (exact) mass is 418 g/mol. The Labute approximate surface area is 182 Å². The van der Waals surface area contributed by atoms with Gasteiger partial charge in [-0.25, -0.2) is 0 Å². The van der Waals surface area contributed by atoms with E-state index in [0.29, 0.717) is 12.2 Å². The Morgan fingerprint density at radius 3 is 2.10 bits per heavy atom. The van der Waals surface area contributed by atoms with Crippen LogP contribution in [0, 0.1) is 0 Å². The Kier molecular flexibility index (Phi) is 6.93. The molecule has 0 aromatic heterocycles. The minimum Gasteiger partial charge on any atom is -0.493 e. The fraction of sp³-hybridized carbons (Fsp3) is 0.240. The van der Waals surface area contributed by atoms with Crippen LogP contribution in [0.3, 0.4) is 0 Å². The van der Waals surface area contributed by atoms with Gasteiger partial charge >= 0.3 is 0 Å². The van der Waals surface area contributed by atoms with Crippen LogP contribution < -0.4 is 9.64 Å². The SMILES string of the molecule is O=C(c1ccc(OCCSc2ccccc2)cc1)N1CCN(c2ccccc2)CC1. The molecule has 3 aromatic carbocycles. The van der Waals surface area contributed by atoms with Crippen molar-refractivity contribution in [2.75, 3.05) is 43.4 Å². The molecular formula is C25H26N2O2S. The van der Waals surface area contributed by atoms with Gasteiger partial charge < -0.3 is 14.5 Å². The Hall–Kier alpha value is -2.92. The lowest BCUT2D eigenvalue weighted by Gasteiger charge is -2.36. The van der Waals surface area contributed by atoms with E-state index in [1.165, 1.54) is 10.6 Å².